The van der Waals surface area contributed by atoms with Crippen molar-refractivity contribution in [3.8, 4) is 0 Å². The highest BCUT2D eigenvalue weighted by Crippen LogP contribution is 2.28. The summed E-state index contributed by atoms with van der Waals surface area (Å²) in [7, 11) is 2.35. The van der Waals surface area contributed by atoms with Crippen molar-refractivity contribution in [2.45, 2.75) is 76.9 Å². The van der Waals surface area contributed by atoms with E-state index in [9.17, 15) is 0 Å². The van der Waals surface area contributed by atoms with Gasteiger partial charge in [-0.3, -0.25) is 4.90 Å². The van der Waals surface area contributed by atoms with Crippen molar-refractivity contribution in [3.63, 3.8) is 0 Å². The number of nitrogens with zero attached hydrogens (tertiary/aromatic N) is 1. The molecule has 0 heterocycles. The van der Waals surface area contributed by atoms with Crippen molar-refractivity contribution >= 4 is 0 Å². The first kappa shape index (κ1) is 13.4. The summed E-state index contributed by atoms with van der Waals surface area (Å²) in [6.07, 6.45) is 9.80. The van der Waals surface area contributed by atoms with Crippen molar-refractivity contribution in [2.75, 3.05) is 13.6 Å². The molecule has 0 aromatic heterocycles. The molecular formula is C15H30N2. The second-order valence-electron chi connectivity index (χ2n) is 6.34. The van der Waals surface area contributed by atoms with Gasteiger partial charge in [-0.15, -0.1) is 0 Å². The topological polar surface area (TPSA) is 15.3 Å². The number of likely N-dealkylation sites (N-methyl/N-ethyl adjacent to an activating group) is 1. The number of rotatable bonds is 6. The zero-order chi connectivity index (χ0) is 12.3. The van der Waals surface area contributed by atoms with Crippen LogP contribution in [-0.4, -0.2) is 36.6 Å². The van der Waals surface area contributed by atoms with E-state index in [1.165, 1.54) is 51.5 Å². The summed E-state index contributed by atoms with van der Waals surface area (Å²) in [5.41, 5.74) is 0. The van der Waals surface area contributed by atoms with Crippen LogP contribution in [0.15, 0.2) is 0 Å². The van der Waals surface area contributed by atoms with Crippen LogP contribution >= 0.6 is 0 Å². The second kappa shape index (κ2) is 6.19. The van der Waals surface area contributed by atoms with E-state index in [1.54, 1.807) is 0 Å². The Morgan fingerprint density at radius 3 is 2.59 bits per heavy atom. The maximum Gasteiger partial charge on any atom is 0.0218 e. The van der Waals surface area contributed by atoms with E-state index in [0.29, 0.717) is 0 Å². The smallest absolute Gasteiger partial charge is 0.0218 e. The van der Waals surface area contributed by atoms with Crippen molar-refractivity contribution in [1.29, 1.82) is 0 Å². The van der Waals surface area contributed by atoms with Crippen LogP contribution in [0, 0.1) is 5.92 Å². The molecule has 0 aliphatic heterocycles. The fourth-order valence-electron chi connectivity index (χ4n) is 3.24. The van der Waals surface area contributed by atoms with Crippen molar-refractivity contribution in [1.82, 2.24) is 10.2 Å². The molecule has 0 saturated heterocycles. The summed E-state index contributed by atoms with van der Waals surface area (Å²) >= 11 is 0. The van der Waals surface area contributed by atoms with Crippen LogP contribution in [0.4, 0.5) is 0 Å². The average Bonchev–Trinajstić information content (AvgIpc) is 3.13. The fourth-order valence-corrected chi connectivity index (χ4v) is 3.24. The monoisotopic (exact) mass is 238 g/mol. The zero-order valence-electron chi connectivity index (χ0n) is 11.9. The molecule has 2 aliphatic rings. The van der Waals surface area contributed by atoms with Crippen LogP contribution in [0.25, 0.3) is 0 Å². The molecule has 0 aromatic rings. The van der Waals surface area contributed by atoms with Crippen LogP contribution in [0.5, 0.6) is 0 Å². The molecular weight excluding hydrogens is 208 g/mol. The van der Waals surface area contributed by atoms with Crippen molar-refractivity contribution < 1.29 is 0 Å². The molecule has 17 heavy (non-hydrogen) atoms. The Bertz CT molecular complexity index is 225. The summed E-state index contributed by atoms with van der Waals surface area (Å²) in [5, 5.41) is 3.70. The minimum absolute atomic E-state index is 0.742. The highest BCUT2D eigenvalue weighted by molar-refractivity contribution is 4.86. The van der Waals surface area contributed by atoms with E-state index in [-0.39, 0.29) is 0 Å². The van der Waals surface area contributed by atoms with Crippen LogP contribution in [0.2, 0.25) is 0 Å². The molecule has 0 amide bonds. The van der Waals surface area contributed by atoms with E-state index >= 15 is 0 Å². The first-order valence-corrected chi connectivity index (χ1v) is 7.66. The van der Waals surface area contributed by atoms with E-state index < -0.39 is 0 Å². The molecule has 2 nitrogen and oxygen atoms in total. The van der Waals surface area contributed by atoms with E-state index in [0.717, 1.165) is 24.0 Å². The SMILES string of the molecule is CCC(CNC1CC1)N(C)C1CCCC(C)C1. The first-order valence-electron chi connectivity index (χ1n) is 7.66. The Hall–Kier alpha value is -0.0800. The normalized spacial score (nSPS) is 31.8. The molecule has 3 unspecified atom stereocenters. The van der Waals surface area contributed by atoms with E-state index in [4.69, 9.17) is 0 Å². The molecule has 0 bridgehead atoms. The zero-order valence-corrected chi connectivity index (χ0v) is 11.9. The van der Waals surface area contributed by atoms with Gasteiger partial charge in [0, 0.05) is 24.7 Å². The lowest BCUT2D eigenvalue weighted by molar-refractivity contribution is 0.114. The summed E-state index contributed by atoms with van der Waals surface area (Å²) in [5.74, 6) is 0.935. The lowest BCUT2D eigenvalue weighted by Crippen LogP contribution is -2.47. The summed E-state index contributed by atoms with van der Waals surface area (Å²) in [4.78, 5) is 2.67. The maximum atomic E-state index is 3.70. The molecule has 0 radical (unpaired) electrons. The lowest BCUT2D eigenvalue weighted by Gasteiger charge is -2.39. The third-order valence-electron chi connectivity index (χ3n) is 4.75. The Labute approximate surface area is 107 Å². The molecule has 100 valence electrons. The molecule has 0 spiro atoms. The first-order chi connectivity index (χ1) is 8.20. The number of hydrogen-bond acceptors (Lipinski definition) is 2. The van der Waals surface area contributed by atoms with Gasteiger partial charge in [0.05, 0.1) is 0 Å². The van der Waals surface area contributed by atoms with Gasteiger partial charge < -0.3 is 5.32 Å². The quantitative estimate of drug-likeness (QED) is 0.765. The van der Waals surface area contributed by atoms with E-state index in [1.807, 2.05) is 0 Å². The van der Waals surface area contributed by atoms with Gasteiger partial charge >= 0.3 is 0 Å². The minimum atomic E-state index is 0.742. The third kappa shape index (κ3) is 3.96. The van der Waals surface area contributed by atoms with Crippen LogP contribution in [0.1, 0.15) is 58.8 Å². The van der Waals surface area contributed by atoms with Crippen LogP contribution < -0.4 is 5.32 Å². The molecule has 2 aliphatic carbocycles. The van der Waals surface area contributed by atoms with Crippen molar-refractivity contribution in [2.24, 2.45) is 5.92 Å². The lowest BCUT2D eigenvalue weighted by atomic mass is 9.85. The van der Waals surface area contributed by atoms with Gasteiger partial charge in [0.2, 0.25) is 0 Å². The highest BCUT2D eigenvalue weighted by atomic mass is 15.2. The van der Waals surface area contributed by atoms with Crippen LogP contribution in [0.3, 0.4) is 0 Å². The van der Waals surface area contributed by atoms with Crippen molar-refractivity contribution in [3.05, 3.63) is 0 Å². The predicted octanol–water partition coefficient (Wildman–Crippen LogP) is 3.03. The molecule has 3 atom stereocenters. The molecule has 1 N–H and O–H groups in total. The highest BCUT2D eigenvalue weighted by Gasteiger charge is 2.28. The Morgan fingerprint density at radius 2 is 2.00 bits per heavy atom. The maximum absolute atomic E-state index is 3.70. The van der Waals surface area contributed by atoms with Gasteiger partial charge in [-0.05, 0) is 45.1 Å². The summed E-state index contributed by atoms with van der Waals surface area (Å²) in [6, 6.07) is 2.43. The van der Waals surface area contributed by atoms with Gasteiger partial charge in [0.25, 0.3) is 0 Å². The van der Waals surface area contributed by atoms with Gasteiger partial charge in [-0.25, -0.2) is 0 Å². The average molecular weight is 238 g/mol. The summed E-state index contributed by atoms with van der Waals surface area (Å²) in [6.45, 7) is 5.95. The Kier molecular flexibility index (Phi) is 4.87. The van der Waals surface area contributed by atoms with Gasteiger partial charge in [0.1, 0.15) is 0 Å². The van der Waals surface area contributed by atoms with Gasteiger partial charge in [-0.2, -0.15) is 0 Å². The largest absolute Gasteiger partial charge is 0.312 e. The standard InChI is InChI=1S/C15H30N2/c1-4-14(11-16-13-8-9-13)17(3)15-7-5-6-12(2)10-15/h12-16H,4-11H2,1-3H3. The van der Waals surface area contributed by atoms with E-state index in [2.05, 4.69) is 31.1 Å². The Balaban J connectivity index is 1.79. The minimum Gasteiger partial charge on any atom is -0.312 e. The van der Waals surface area contributed by atoms with Crippen LogP contribution in [-0.2, 0) is 0 Å². The predicted molar refractivity (Wildman–Crippen MR) is 74.3 cm³/mol. The van der Waals surface area contributed by atoms with Gasteiger partial charge in [0.15, 0.2) is 0 Å². The molecule has 2 saturated carbocycles. The molecule has 2 fully saturated rings. The molecule has 2 heteroatoms. The molecule has 0 aromatic carbocycles. The number of nitrogens with one attached hydrogen (secondary N) is 1. The summed E-state index contributed by atoms with van der Waals surface area (Å²) < 4.78 is 0. The Morgan fingerprint density at radius 1 is 1.24 bits per heavy atom. The molecule has 2 rings (SSSR count). The fraction of sp³-hybridized carbons (Fsp3) is 1.00. The second-order valence-corrected chi connectivity index (χ2v) is 6.34. The number of hydrogen-bond donors (Lipinski definition) is 1. The third-order valence-corrected chi connectivity index (χ3v) is 4.75. The van der Waals surface area contributed by atoms with Gasteiger partial charge in [-0.1, -0.05) is 26.7 Å².